The molecule has 2 aliphatic rings. The van der Waals surface area contributed by atoms with Crippen LogP contribution in [0, 0.1) is 5.82 Å². The van der Waals surface area contributed by atoms with Gasteiger partial charge in [0.25, 0.3) is 0 Å². The Balaban J connectivity index is 1.60. The number of anilines is 1. The van der Waals surface area contributed by atoms with Crippen LogP contribution in [0.1, 0.15) is 24.4 Å². The van der Waals surface area contributed by atoms with Crippen LogP contribution in [0.2, 0.25) is 0 Å². The van der Waals surface area contributed by atoms with E-state index in [2.05, 4.69) is 10.6 Å². The number of esters is 1. The summed E-state index contributed by atoms with van der Waals surface area (Å²) < 4.78 is 18.2. The predicted octanol–water partition coefficient (Wildman–Crippen LogP) is 3.05. The molecule has 1 aliphatic heterocycles. The molecule has 1 saturated carbocycles. The summed E-state index contributed by atoms with van der Waals surface area (Å²) in [6.07, 6.45) is 1.69. The van der Waals surface area contributed by atoms with E-state index in [0.29, 0.717) is 17.0 Å². The molecule has 0 spiro atoms. The van der Waals surface area contributed by atoms with Crippen molar-refractivity contribution in [1.29, 1.82) is 0 Å². The highest BCUT2D eigenvalue weighted by Crippen LogP contribution is 2.38. The number of nitrogens with zero attached hydrogens (tertiary/aromatic N) is 2. The predicted molar refractivity (Wildman–Crippen MR) is 124 cm³/mol. The quantitative estimate of drug-likeness (QED) is 0.584. The molecule has 8 nitrogen and oxygen atoms in total. The van der Waals surface area contributed by atoms with Gasteiger partial charge in [-0.2, -0.15) is 0 Å². The van der Waals surface area contributed by atoms with Crippen LogP contribution in [0.15, 0.2) is 65.9 Å². The van der Waals surface area contributed by atoms with E-state index in [0.717, 1.165) is 18.4 Å². The fourth-order valence-corrected chi connectivity index (χ4v) is 4.10. The zero-order valence-electron chi connectivity index (χ0n) is 19.1. The van der Waals surface area contributed by atoms with E-state index in [1.54, 1.807) is 16.8 Å². The average molecular weight is 467 g/mol. The van der Waals surface area contributed by atoms with Crippen molar-refractivity contribution in [3.8, 4) is 0 Å². The lowest BCUT2D eigenvalue weighted by Gasteiger charge is -2.38. The molecular formula is C25H27FN4O4. The topological polar surface area (TPSA) is 91.0 Å². The van der Waals surface area contributed by atoms with Gasteiger partial charge in [-0.1, -0.05) is 30.3 Å². The van der Waals surface area contributed by atoms with Crippen LogP contribution in [0.25, 0.3) is 0 Å². The van der Waals surface area contributed by atoms with Gasteiger partial charge in [0.2, 0.25) is 5.91 Å². The summed E-state index contributed by atoms with van der Waals surface area (Å²) in [5.74, 6) is -1.22. The van der Waals surface area contributed by atoms with E-state index in [4.69, 9.17) is 4.74 Å². The van der Waals surface area contributed by atoms with E-state index in [1.165, 1.54) is 31.4 Å². The minimum Gasteiger partial charge on any atom is -0.466 e. The molecule has 34 heavy (non-hydrogen) atoms. The molecule has 1 fully saturated rings. The van der Waals surface area contributed by atoms with Gasteiger partial charge in [0, 0.05) is 24.0 Å². The Morgan fingerprint density at radius 3 is 2.44 bits per heavy atom. The highest BCUT2D eigenvalue weighted by Gasteiger charge is 2.44. The maximum Gasteiger partial charge on any atom is 0.338 e. The van der Waals surface area contributed by atoms with Gasteiger partial charge in [0.1, 0.15) is 5.82 Å². The molecule has 0 unspecified atom stereocenters. The Kier molecular flexibility index (Phi) is 6.93. The second-order valence-electron chi connectivity index (χ2n) is 8.47. The maximum atomic E-state index is 13.1. The zero-order valence-corrected chi connectivity index (χ0v) is 19.1. The molecule has 0 aromatic heterocycles. The molecule has 3 amide bonds. The van der Waals surface area contributed by atoms with Crippen LogP contribution in [0.3, 0.4) is 0 Å². The minimum absolute atomic E-state index is 0.00542. The first-order valence-corrected chi connectivity index (χ1v) is 11.1. The normalized spacial score (nSPS) is 18.1. The van der Waals surface area contributed by atoms with Crippen molar-refractivity contribution in [1.82, 2.24) is 15.1 Å². The number of carbonyl (C=O) groups is 3. The molecule has 2 aromatic carbocycles. The number of methoxy groups -OCH3 is 1. The van der Waals surface area contributed by atoms with Gasteiger partial charge >= 0.3 is 12.0 Å². The molecule has 4 rings (SSSR count). The van der Waals surface area contributed by atoms with Crippen LogP contribution in [0.5, 0.6) is 0 Å². The maximum absolute atomic E-state index is 13.1. The lowest BCUT2D eigenvalue weighted by Crippen LogP contribution is -2.51. The fourth-order valence-electron chi connectivity index (χ4n) is 4.10. The van der Waals surface area contributed by atoms with E-state index in [9.17, 15) is 18.8 Å². The molecular weight excluding hydrogens is 439 g/mol. The standard InChI is InChI=1S/C25H27FN4O4/c1-29(15-21(31)27-18-10-8-17(26)9-11-18)14-20-22(24(32)34-2)23(16-6-4-3-5-7-16)28-25(33)30(20)19-12-13-19/h3-11,19,23H,12-15H2,1-2H3,(H,27,31)(H,28,33)/t23-/m0/s1. The van der Waals surface area contributed by atoms with Crippen LogP contribution in [-0.2, 0) is 14.3 Å². The van der Waals surface area contributed by atoms with E-state index in [-0.39, 0.29) is 36.9 Å². The summed E-state index contributed by atoms with van der Waals surface area (Å²) in [6.45, 7) is 0.194. The second kappa shape index (κ2) is 10.0. The lowest BCUT2D eigenvalue weighted by atomic mass is 9.94. The van der Waals surface area contributed by atoms with Crippen molar-refractivity contribution in [3.05, 3.63) is 77.2 Å². The van der Waals surface area contributed by atoms with Crippen LogP contribution in [0.4, 0.5) is 14.9 Å². The van der Waals surface area contributed by atoms with Gasteiger partial charge in [-0.15, -0.1) is 0 Å². The molecule has 0 radical (unpaired) electrons. The Labute approximate surface area is 197 Å². The second-order valence-corrected chi connectivity index (χ2v) is 8.47. The third-order valence-electron chi connectivity index (χ3n) is 5.79. The molecule has 178 valence electrons. The van der Waals surface area contributed by atoms with Crippen molar-refractivity contribution in [2.75, 3.05) is 32.6 Å². The van der Waals surface area contributed by atoms with Crippen molar-refractivity contribution in [3.63, 3.8) is 0 Å². The van der Waals surface area contributed by atoms with Gasteiger partial charge in [0.15, 0.2) is 0 Å². The number of rotatable bonds is 8. The van der Waals surface area contributed by atoms with Gasteiger partial charge in [-0.3, -0.25) is 14.6 Å². The number of hydrogen-bond donors (Lipinski definition) is 2. The average Bonchev–Trinajstić information content (AvgIpc) is 3.65. The number of amides is 3. The van der Waals surface area contributed by atoms with Crippen molar-refractivity contribution in [2.24, 2.45) is 0 Å². The first kappa shape index (κ1) is 23.4. The summed E-state index contributed by atoms with van der Waals surface area (Å²) in [5.41, 5.74) is 2.13. The summed E-state index contributed by atoms with van der Waals surface area (Å²) in [6, 6.07) is 13.8. The third-order valence-corrected chi connectivity index (χ3v) is 5.79. The SMILES string of the molecule is COC(=O)C1=C(CN(C)CC(=O)Nc2ccc(F)cc2)N(C2CC2)C(=O)N[C@H]1c1ccccc1. The monoisotopic (exact) mass is 466 g/mol. The van der Waals surface area contributed by atoms with Crippen LogP contribution >= 0.6 is 0 Å². The van der Waals surface area contributed by atoms with Crippen molar-refractivity contribution >= 4 is 23.6 Å². The Hall–Kier alpha value is -3.72. The van der Waals surface area contributed by atoms with Gasteiger partial charge < -0.3 is 15.4 Å². The number of ether oxygens (including phenoxy) is 1. The molecule has 1 aliphatic carbocycles. The molecule has 1 heterocycles. The Bertz CT molecular complexity index is 1100. The third kappa shape index (κ3) is 5.26. The molecule has 0 saturated heterocycles. The summed E-state index contributed by atoms with van der Waals surface area (Å²) in [4.78, 5) is 41.9. The smallest absolute Gasteiger partial charge is 0.338 e. The highest BCUT2D eigenvalue weighted by atomic mass is 19.1. The lowest BCUT2D eigenvalue weighted by molar-refractivity contribution is -0.136. The molecule has 0 bridgehead atoms. The number of halogens is 1. The first-order valence-electron chi connectivity index (χ1n) is 11.1. The van der Waals surface area contributed by atoms with Crippen LogP contribution in [-0.4, -0.2) is 61.0 Å². The number of hydrogen-bond acceptors (Lipinski definition) is 5. The molecule has 2 aromatic rings. The highest BCUT2D eigenvalue weighted by molar-refractivity contribution is 5.95. The molecule has 2 N–H and O–H groups in total. The number of nitrogens with one attached hydrogen (secondary N) is 2. The minimum atomic E-state index is -0.660. The van der Waals surface area contributed by atoms with E-state index in [1.807, 2.05) is 30.3 Å². The van der Waals surface area contributed by atoms with Gasteiger partial charge in [-0.05, 0) is 49.7 Å². The Morgan fingerprint density at radius 1 is 1.15 bits per heavy atom. The van der Waals surface area contributed by atoms with Gasteiger partial charge in [0.05, 0.1) is 25.3 Å². The Morgan fingerprint density at radius 2 is 1.82 bits per heavy atom. The summed E-state index contributed by atoms with van der Waals surface area (Å²) in [5, 5.41) is 5.67. The number of benzene rings is 2. The summed E-state index contributed by atoms with van der Waals surface area (Å²) >= 11 is 0. The van der Waals surface area contributed by atoms with Crippen LogP contribution < -0.4 is 10.6 Å². The zero-order chi connectivity index (χ0) is 24.2. The number of carbonyl (C=O) groups excluding carboxylic acids is 3. The molecule has 1 atom stereocenters. The number of likely N-dealkylation sites (N-methyl/N-ethyl adjacent to an activating group) is 1. The van der Waals surface area contributed by atoms with E-state index >= 15 is 0 Å². The van der Waals surface area contributed by atoms with Gasteiger partial charge in [-0.25, -0.2) is 14.0 Å². The van der Waals surface area contributed by atoms with Crippen molar-refractivity contribution in [2.45, 2.75) is 24.9 Å². The molecule has 9 heteroatoms. The fraction of sp³-hybridized carbons (Fsp3) is 0.320. The largest absolute Gasteiger partial charge is 0.466 e. The van der Waals surface area contributed by atoms with Crippen molar-refractivity contribution < 1.29 is 23.5 Å². The summed E-state index contributed by atoms with van der Waals surface area (Å²) in [7, 11) is 3.05. The first-order chi connectivity index (χ1) is 16.4. The van der Waals surface area contributed by atoms with E-state index < -0.39 is 12.0 Å². The number of urea groups is 1.